The van der Waals surface area contributed by atoms with Crippen molar-refractivity contribution in [3.63, 3.8) is 0 Å². The van der Waals surface area contributed by atoms with Crippen molar-refractivity contribution in [3.05, 3.63) is 71.2 Å². The molecule has 0 bridgehead atoms. The van der Waals surface area contributed by atoms with Crippen molar-refractivity contribution in [1.29, 1.82) is 0 Å². The van der Waals surface area contributed by atoms with E-state index < -0.39 is 0 Å². The summed E-state index contributed by atoms with van der Waals surface area (Å²) in [6.45, 7) is 5.35. The van der Waals surface area contributed by atoms with Crippen molar-refractivity contribution in [2.75, 3.05) is 20.2 Å². The number of likely N-dealkylation sites (tertiary alicyclic amines) is 1. The number of aryl methyl sites for hydroxylation is 1. The van der Waals surface area contributed by atoms with E-state index in [-0.39, 0.29) is 5.91 Å². The Hall–Kier alpha value is -3.61. The van der Waals surface area contributed by atoms with Crippen LogP contribution in [0.5, 0.6) is 5.75 Å². The number of piperidine rings is 1. The SMILES string of the molecule is COc1ccc2[nH]cc(C3CCN(C(=O)c4nnn(-c5cccc(C)c5)c4C)CC3)c2c1. The van der Waals surface area contributed by atoms with Crippen molar-refractivity contribution in [2.45, 2.75) is 32.6 Å². The summed E-state index contributed by atoms with van der Waals surface area (Å²) in [4.78, 5) is 18.5. The highest BCUT2D eigenvalue weighted by Crippen LogP contribution is 2.35. The van der Waals surface area contributed by atoms with Gasteiger partial charge in [0.05, 0.1) is 18.5 Å². The number of rotatable bonds is 4. The average Bonchev–Trinajstić information content (AvgIpc) is 3.41. The van der Waals surface area contributed by atoms with Crippen molar-refractivity contribution in [1.82, 2.24) is 24.9 Å². The number of carbonyl (C=O) groups is 1. The molecule has 0 aliphatic carbocycles. The molecule has 7 nitrogen and oxygen atoms in total. The molecule has 0 spiro atoms. The van der Waals surface area contributed by atoms with Gasteiger partial charge < -0.3 is 14.6 Å². The van der Waals surface area contributed by atoms with E-state index >= 15 is 0 Å². The molecule has 1 N–H and O–H groups in total. The molecule has 0 unspecified atom stereocenters. The molecule has 0 radical (unpaired) electrons. The van der Waals surface area contributed by atoms with Crippen LogP contribution in [-0.4, -0.2) is 51.0 Å². The number of hydrogen-bond donors (Lipinski definition) is 1. The molecular formula is C25H27N5O2. The zero-order valence-electron chi connectivity index (χ0n) is 18.6. The minimum atomic E-state index is -0.0413. The molecule has 7 heteroatoms. The van der Waals surface area contributed by atoms with E-state index in [1.807, 2.05) is 49.1 Å². The number of amides is 1. The second-order valence-electron chi connectivity index (χ2n) is 8.50. The highest BCUT2D eigenvalue weighted by molar-refractivity contribution is 5.93. The van der Waals surface area contributed by atoms with Gasteiger partial charge in [0.2, 0.25) is 0 Å². The number of aromatic amines is 1. The molecule has 32 heavy (non-hydrogen) atoms. The van der Waals surface area contributed by atoms with Crippen molar-refractivity contribution in [2.24, 2.45) is 0 Å². The van der Waals surface area contributed by atoms with Crippen LogP contribution in [0.1, 0.15) is 46.1 Å². The molecule has 0 saturated carbocycles. The maximum Gasteiger partial charge on any atom is 0.276 e. The van der Waals surface area contributed by atoms with Gasteiger partial charge in [-0.05, 0) is 74.1 Å². The third kappa shape index (κ3) is 3.53. The first-order valence-electron chi connectivity index (χ1n) is 11.0. The van der Waals surface area contributed by atoms with Gasteiger partial charge in [0.1, 0.15) is 5.75 Å². The van der Waals surface area contributed by atoms with Gasteiger partial charge in [-0.3, -0.25) is 4.79 Å². The summed E-state index contributed by atoms with van der Waals surface area (Å²) in [5.41, 5.74) is 5.67. The predicted molar refractivity (Wildman–Crippen MR) is 124 cm³/mol. The maximum absolute atomic E-state index is 13.2. The molecule has 1 amide bonds. The minimum Gasteiger partial charge on any atom is -0.497 e. The van der Waals surface area contributed by atoms with Gasteiger partial charge >= 0.3 is 0 Å². The zero-order valence-corrected chi connectivity index (χ0v) is 18.6. The molecular weight excluding hydrogens is 402 g/mol. The van der Waals surface area contributed by atoms with Crippen LogP contribution in [0.2, 0.25) is 0 Å². The lowest BCUT2D eigenvalue weighted by Gasteiger charge is -2.31. The van der Waals surface area contributed by atoms with Gasteiger partial charge in [0, 0.05) is 30.2 Å². The predicted octanol–water partition coefficient (Wildman–Crippen LogP) is 4.39. The van der Waals surface area contributed by atoms with Gasteiger partial charge in [-0.2, -0.15) is 0 Å². The Morgan fingerprint density at radius 2 is 1.94 bits per heavy atom. The fourth-order valence-electron chi connectivity index (χ4n) is 4.66. The lowest BCUT2D eigenvalue weighted by molar-refractivity contribution is 0.0706. The van der Waals surface area contributed by atoms with E-state index in [2.05, 4.69) is 33.6 Å². The fraction of sp³-hybridized carbons (Fsp3) is 0.320. The molecule has 2 aromatic carbocycles. The first-order chi connectivity index (χ1) is 15.5. The van der Waals surface area contributed by atoms with E-state index in [1.54, 1.807) is 11.8 Å². The van der Waals surface area contributed by atoms with Crippen LogP contribution in [0.15, 0.2) is 48.7 Å². The summed E-state index contributed by atoms with van der Waals surface area (Å²) in [5, 5.41) is 9.68. The van der Waals surface area contributed by atoms with Gasteiger partial charge in [0.15, 0.2) is 5.69 Å². The number of H-pyrrole nitrogens is 1. The molecule has 1 saturated heterocycles. The number of methoxy groups -OCH3 is 1. The molecule has 1 fully saturated rings. The molecule has 1 aliphatic rings. The van der Waals surface area contributed by atoms with Crippen LogP contribution >= 0.6 is 0 Å². The number of ether oxygens (including phenoxy) is 1. The molecule has 1 aliphatic heterocycles. The minimum absolute atomic E-state index is 0.0413. The fourth-order valence-corrected chi connectivity index (χ4v) is 4.66. The third-order valence-corrected chi connectivity index (χ3v) is 6.49. The van der Waals surface area contributed by atoms with Crippen LogP contribution in [0.25, 0.3) is 16.6 Å². The Morgan fingerprint density at radius 3 is 2.69 bits per heavy atom. The summed E-state index contributed by atoms with van der Waals surface area (Å²) < 4.78 is 7.14. The number of nitrogens with one attached hydrogen (secondary N) is 1. The Labute approximate surface area is 187 Å². The zero-order chi connectivity index (χ0) is 22.2. The van der Waals surface area contributed by atoms with Gasteiger partial charge in [-0.1, -0.05) is 17.3 Å². The summed E-state index contributed by atoms with van der Waals surface area (Å²) in [7, 11) is 1.69. The lowest BCUT2D eigenvalue weighted by Crippen LogP contribution is -2.38. The van der Waals surface area contributed by atoms with Crippen LogP contribution < -0.4 is 4.74 Å². The average molecular weight is 430 g/mol. The van der Waals surface area contributed by atoms with E-state index in [4.69, 9.17) is 4.74 Å². The number of fused-ring (bicyclic) bond motifs is 1. The summed E-state index contributed by atoms with van der Waals surface area (Å²) in [5.74, 6) is 1.22. The highest BCUT2D eigenvalue weighted by Gasteiger charge is 2.29. The topological polar surface area (TPSA) is 76.0 Å². The first kappa shape index (κ1) is 20.3. The standard InChI is InChI=1S/C25H27N5O2/c1-16-5-4-6-19(13-16)30-17(2)24(27-28-30)25(31)29-11-9-18(10-12-29)22-15-26-23-8-7-20(32-3)14-21(22)23/h4-8,13-15,18,26H,9-12H2,1-3H3. The second-order valence-corrected chi connectivity index (χ2v) is 8.50. The first-order valence-corrected chi connectivity index (χ1v) is 11.0. The van der Waals surface area contributed by atoms with Crippen LogP contribution in [0, 0.1) is 13.8 Å². The van der Waals surface area contributed by atoms with Crippen LogP contribution in [0.3, 0.4) is 0 Å². The van der Waals surface area contributed by atoms with Crippen molar-refractivity contribution >= 4 is 16.8 Å². The van der Waals surface area contributed by atoms with Crippen molar-refractivity contribution < 1.29 is 9.53 Å². The lowest BCUT2D eigenvalue weighted by atomic mass is 9.89. The third-order valence-electron chi connectivity index (χ3n) is 6.49. The summed E-state index contributed by atoms with van der Waals surface area (Å²) in [6, 6.07) is 14.1. The second kappa shape index (κ2) is 8.15. The van der Waals surface area contributed by atoms with E-state index in [0.717, 1.165) is 41.1 Å². The molecule has 3 heterocycles. The quantitative estimate of drug-likeness (QED) is 0.522. The Balaban J connectivity index is 1.31. The Morgan fingerprint density at radius 1 is 1.12 bits per heavy atom. The molecule has 4 aromatic rings. The van der Waals surface area contributed by atoms with Gasteiger partial charge in [-0.25, -0.2) is 4.68 Å². The monoisotopic (exact) mass is 429 g/mol. The molecule has 5 rings (SSSR count). The van der Waals surface area contributed by atoms with Crippen LogP contribution in [-0.2, 0) is 0 Å². The van der Waals surface area contributed by atoms with E-state index in [0.29, 0.717) is 24.7 Å². The number of aromatic nitrogens is 4. The molecule has 2 aromatic heterocycles. The Kier molecular flexibility index (Phi) is 5.17. The van der Waals surface area contributed by atoms with Crippen LogP contribution in [0.4, 0.5) is 0 Å². The number of carbonyl (C=O) groups excluding carboxylic acids is 1. The highest BCUT2D eigenvalue weighted by atomic mass is 16.5. The largest absolute Gasteiger partial charge is 0.497 e. The van der Waals surface area contributed by atoms with E-state index in [1.165, 1.54) is 10.9 Å². The Bertz CT molecular complexity index is 1280. The van der Waals surface area contributed by atoms with Gasteiger partial charge in [-0.15, -0.1) is 5.10 Å². The number of nitrogens with zero attached hydrogens (tertiary/aromatic N) is 4. The number of hydrogen-bond acceptors (Lipinski definition) is 4. The molecule has 164 valence electrons. The normalized spacial score (nSPS) is 14.8. The maximum atomic E-state index is 13.2. The number of benzene rings is 2. The summed E-state index contributed by atoms with van der Waals surface area (Å²) >= 11 is 0. The van der Waals surface area contributed by atoms with E-state index in [9.17, 15) is 4.79 Å². The van der Waals surface area contributed by atoms with Crippen molar-refractivity contribution in [3.8, 4) is 11.4 Å². The molecule has 0 atom stereocenters. The van der Waals surface area contributed by atoms with Gasteiger partial charge in [0.25, 0.3) is 5.91 Å². The smallest absolute Gasteiger partial charge is 0.276 e. The summed E-state index contributed by atoms with van der Waals surface area (Å²) in [6.07, 6.45) is 3.94.